The summed E-state index contributed by atoms with van der Waals surface area (Å²) in [5.74, 6) is -1.42. The zero-order valence-electron chi connectivity index (χ0n) is 50.3. The van der Waals surface area contributed by atoms with Crippen molar-refractivity contribution in [3.8, 4) is 0 Å². The van der Waals surface area contributed by atoms with Gasteiger partial charge in [0.05, 0.1) is 74.5 Å². The molecule has 2 aromatic carbocycles. The monoisotopic (exact) mass is 1160 g/mol. The van der Waals surface area contributed by atoms with Crippen LogP contribution in [0, 0.1) is 23.8 Å². The van der Waals surface area contributed by atoms with E-state index >= 15 is 0 Å². The van der Waals surface area contributed by atoms with Gasteiger partial charge in [-0.25, -0.2) is 14.4 Å². The molecular formula is C59H97ClN9O12+. The van der Waals surface area contributed by atoms with E-state index in [0.717, 1.165) is 107 Å². The van der Waals surface area contributed by atoms with Crippen molar-refractivity contribution in [2.24, 2.45) is 29.2 Å². The molecule has 456 valence electrons. The molecule has 3 fully saturated rings. The molecule has 3 aliphatic heterocycles. The number of benzene rings is 2. The van der Waals surface area contributed by atoms with Crippen molar-refractivity contribution < 1.29 is 57.9 Å². The first-order valence-corrected chi connectivity index (χ1v) is 27.8. The van der Waals surface area contributed by atoms with Gasteiger partial charge >= 0.3 is 18.2 Å². The van der Waals surface area contributed by atoms with E-state index in [1.54, 1.807) is 48.5 Å². The molecule has 0 radical (unpaired) electrons. The Morgan fingerprint density at radius 1 is 0.617 bits per heavy atom. The quantitative estimate of drug-likeness (QED) is 0.0748. The number of nitrogens with zero attached hydrogens (tertiary/aromatic N) is 3. The predicted molar refractivity (Wildman–Crippen MR) is 322 cm³/mol. The third-order valence-electron chi connectivity index (χ3n) is 13.1. The van der Waals surface area contributed by atoms with Crippen molar-refractivity contribution in [3.63, 3.8) is 0 Å². The van der Waals surface area contributed by atoms with Crippen LogP contribution in [-0.4, -0.2) is 160 Å². The molecule has 1 aliphatic carbocycles. The minimum Gasteiger partial charge on any atom is -0.480 e. The number of carbonyl (C=O) groups is 5. The molecule has 6 atom stereocenters. The summed E-state index contributed by atoms with van der Waals surface area (Å²) in [6, 6.07) is 13.5. The fraction of sp³-hybridized carbons (Fsp3) is 0.610. The summed E-state index contributed by atoms with van der Waals surface area (Å²) >= 11 is 0. The summed E-state index contributed by atoms with van der Waals surface area (Å²) in [6.45, 7) is 31.6. The number of amides is 4. The lowest BCUT2D eigenvalue weighted by Gasteiger charge is -2.31. The third kappa shape index (κ3) is 27.0. The number of ether oxygens (including phenoxy) is 5. The largest absolute Gasteiger partial charge is 0.480 e. The lowest BCUT2D eigenvalue weighted by molar-refractivity contribution is -0.140. The first-order valence-electron chi connectivity index (χ1n) is 27.8. The van der Waals surface area contributed by atoms with Gasteiger partial charge in [-0.15, -0.1) is 12.4 Å². The van der Waals surface area contributed by atoms with E-state index in [1.807, 2.05) is 101 Å². The van der Waals surface area contributed by atoms with Gasteiger partial charge in [0.15, 0.2) is 11.4 Å². The zero-order valence-corrected chi connectivity index (χ0v) is 51.1. The Kier molecular flexibility index (Phi) is 33.9. The Bertz CT molecular complexity index is 2290. The lowest BCUT2D eigenvalue weighted by Crippen LogP contribution is -2.49. The average Bonchev–Trinajstić information content (AvgIpc) is 3.47. The average molecular weight is 1160 g/mol. The van der Waals surface area contributed by atoms with Gasteiger partial charge in [0.2, 0.25) is 11.8 Å². The van der Waals surface area contributed by atoms with Crippen LogP contribution >= 0.6 is 12.4 Å². The summed E-state index contributed by atoms with van der Waals surface area (Å²) in [5, 5.41) is 27.0. The number of aliphatic carboxylic acids is 1. The van der Waals surface area contributed by atoms with Crippen LogP contribution in [0.2, 0.25) is 0 Å². The Morgan fingerprint density at radius 3 is 1.37 bits per heavy atom. The summed E-state index contributed by atoms with van der Waals surface area (Å²) < 4.78 is 26.4. The van der Waals surface area contributed by atoms with Gasteiger partial charge in [0.25, 0.3) is 0 Å². The van der Waals surface area contributed by atoms with Crippen molar-refractivity contribution in [2.75, 3.05) is 106 Å². The molecule has 4 amide bonds. The second kappa shape index (κ2) is 37.7. The van der Waals surface area contributed by atoms with E-state index in [0.29, 0.717) is 32.8 Å². The zero-order chi connectivity index (χ0) is 60.0. The second-order valence-corrected chi connectivity index (χ2v) is 21.6. The second-order valence-electron chi connectivity index (χ2n) is 21.6. The Balaban J connectivity index is 0.000000552. The maximum Gasteiger partial charge on any atom is 0.408 e. The van der Waals surface area contributed by atoms with Crippen LogP contribution in [-0.2, 0) is 38.1 Å². The number of hydrogen-bond donors (Lipinski definition) is 8. The molecule has 21 nitrogen and oxygen atoms in total. The van der Waals surface area contributed by atoms with Crippen LogP contribution in [0.4, 0.5) is 32.3 Å². The summed E-state index contributed by atoms with van der Waals surface area (Å²) in [5.41, 5.74) is 16.0. The number of para-hydroxylation sites is 4. The van der Waals surface area contributed by atoms with Gasteiger partial charge in [-0.1, -0.05) is 85.1 Å². The fourth-order valence-electron chi connectivity index (χ4n) is 8.04. The molecule has 22 heteroatoms. The topological polar surface area (TPSA) is 282 Å². The van der Waals surface area contributed by atoms with Gasteiger partial charge in [0.1, 0.15) is 35.4 Å². The number of alkyl carbamates (subject to hydrolysis) is 2. The number of morpholine rings is 3. The number of nitrogens with one attached hydrogen (secondary N) is 4. The van der Waals surface area contributed by atoms with Crippen molar-refractivity contribution in [3.05, 3.63) is 84.2 Å². The number of carboxylic acid groups (broad SMARTS) is 1. The van der Waals surface area contributed by atoms with E-state index in [4.69, 9.17) is 45.4 Å². The Labute approximate surface area is 488 Å². The molecule has 0 aromatic heterocycles. The fourth-order valence-corrected chi connectivity index (χ4v) is 8.04. The number of anilines is 4. The van der Waals surface area contributed by atoms with E-state index in [2.05, 4.69) is 42.0 Å². The number of carbonyl (C=O) groups excluding carboxylic acids is 4. The molecule has 0 unspecified atom stereocenters. The van der Waals surface area contributed by atoms with Crippen LogP contribution in [0.25, 0.3) is 0 Å². The van der Waals surface area contributed by atoms with E-state index < -0.39 is 47.5 Å². The molecule has 0 saturated carbocycles. The first kappa shape index (κ1) is 72.8. The SMILES string of the molecule is CC[C@H](C)[C@H](N)C(=O)Nc1ccccc1N1CCOCC1.CC[C@H](C)[C@H](NC(=O)OC(C)(C)C)C(=O)Nc1ccccc1N1CCOCC1.CC[C@H](C)[C@H](NC(=O)OC(C)(C)C)C(=O)O.CO.Cl.NC1=C(N2CCOCC2)C=C[C+]=C1. The van der Waals surface area contributed by atoms with Crippen molar-refractivity contribution >= 4 is 65.1 Å². The van der Waals surface area contributed by atoms with E-state index in [1.165, 1.54) is 0 Å². The standard InChI is InChI=1S/C21H33N3O4.C16H25N3O2.C11H21NO4.C10H13N2O.CH4O.ClH/c1-6-15(2)18(23-20(26)28-21(3,4)5)19(25)22-16-9-7-8-10-17(16)24-11-13-27-14-12-24;1-3-12(2)15(17)16(20)18-13-6-4-5-7-14(13)19-8-10-21-11-9-19;1-6-7(2)8(9(13)14)12-10(15)16-11(3,4)5;11-9-3-1-2-4-10(9)12-5-7-13-8-6-12;1-2;/h7-10,15,18H,6,11-14H2,1-5H3,(H,22,25)(H,23,26);4-7,12,15H,3,8-11,17H2,1-2H3,(H,18,20);7-8H,6H2,1-5H3,(H,12,15)(H,13,14);2-4H,5-8,11H2;2H,1H3;1H/q;;;+1;;/t15-,18-;12-,15-;7-,8-;;;/m000.../s1. The van der Waals surface area contributed by atoms with E-state index in [-0.39, 0.29) is 42.0 Å². The molecular weight excluding hydrogens is 1060 g/mol. The van der Waals surface area contributed by atoms with Gasteiger partial charge < -0.3 is 81.3 Å². The molecule has 0 bridgehead atoms. The smallest absolute Gasteiger partial charge is 0.408 e. The Hall–Kier alpha value is -6.19. The molecule has 0 spiro atoms. The molecule has 3 saturated heterocycles. The predicted octanol–water partition coefficient (Wildman–Crippen LogP) is 7.69. The van der Waals surface area contributed by atoms with Crippen LogP contribution in [0.5, 0.6) is 0 Å². The molecule has 10 N–H and O–H groups in total. The van der Waals surface area contributed by atoms with Gasteiger partial charge in [-0.3, -0.25) is 9.59 Å². The molecule has 4 aliphatic rings. The number of rotatable bonds is 16. The summed E-state index contributed by atoms with van der Waals surface area (Å²) in [6.07, 6.45) is 9.69. The number of nitrogens with two attached hydrogens (primary N) is 2. The number of aliphatic hydroxyl groups is 1. The normalized spacial score (nSPS) is 17.1. The van der Waals surface area contributed by atoms with E-state index in [9.17, 15) is 24.0 Å². The van der Waals surface area contributed by atoms with Gasteiger partial charge in [-0.05, 0) is 83.6 Å². The van der Waals surface area contributed by atoms with Crippen LogP contribution in [0.1, 0.15) is 102 Å². The molecule has 2 aromatic rings. The van der Waals surface area contributed by atoms with Crippen molar-refractivity contribution in [2.45, 2.75) is 132 Å². The third-order valence-corrected chi connectivity index (χ3v) is 13.1. The van der Waals surface area contributed by atoms with Crippen molar-refractivity contribution in [1.29, 1.82) is 0 Å². The van der Waals surface area contributed by atoms with Crippen molar-refractivity contribution in [1.82, 2.24) is 15.5 Å². The number of hydrogen-bond acceptors (Lipinski definition) is 16. The number of halogens is 1. The molecule has 81 heavy (non-hydrogen) atoms. The minimum absolute atomic E-state index is 0. The maximum absolute atomic E-state index is 13.0. The highest BCUT2D eigenvalue weighted by molar-refractivity contribution is 5.99. The summed E-state index contributed by atoms with van der Waals surface area (Å²) in [7, 11) is 1.00. The number of carboxylic acids is 1. The minimum atomic E-state index is -1.04. The number of allylic oxidation sites excluding steroid dienone is 4. The number of aliphatic hydroxyl groups excluding tert-OH is 1. The summed E-state index contributed by atoms with van der Waals surface area (Å²) in [4.78, 5) is 66.5. The van der Waals surface area contributed by atoms with Crippen LogP contribution in [0.15, 0.2) is 78.2 Å². The van der Waals surface area contributed by atoms with Gasteiger partial charge in [-0.2, -0.15) is 0 Å². The highest BCUT2D eigenvalue weighted by Crippen LogP contribution is 2.29. The first-order chi connectivity index (χ1) is 37.9. The molecule has 6 rings (SSSR count). The highest BCUT2D eigenvalue weighted by Gasteiger charge is 2.31. The van der Waals surface area contributed by atoms with Gasteiger partial charge in [0, 0.05) is 52.5 Å². The Morgan fingerprint density at radius 2 is 0.988 bits per heavy atom. The maximum atomic E-state index is 13.0. The van der Waals surface area contributed by atoms with Crippen LogP contribution in [0.3, 0.4) is 0 Å². The highest BCUT2D eigenvalue weighted by atomic mass is 35.5. The molecule has 3 heterocycles. The lowest BCUT2D eigenvalue weighted by atomic mass is 9.98. The van der Waals surface area contributed by atoms with Crippen LogP contribution < -0.4 is 42.5 Å².